The Kier molecular flexibility index (Phi) is 5.83. The summed E-state index contributed by atoms with van der Waals surface area (Å²) in [5.74, 6) is 6.87. The number of nitrogens with zero attached hydrogens (tertiary/aromatic N) is 2. The molecule has 6 heteroatoms. The Morgan fingerprint density at radius 1 is 1.45 bits per heavy atom. The van der Waals surface area contributed by atoms with Gasteiger partial charge in [-0.25, -0.2) is 10.8 Å². The molecule has 1 rings (SSSR count). The molecular formula is C14H24N4OS. The number of carbonyl (C=O) groups is 1. The highest BCUT2D eigenvalue weighted by Gasteiger charge is 2.20. The Morgan fingerprint density at radius 2 is 2.10 bits per heavy atom. The van der Waals surface area contributed by atoms with Crippen LogP contribution in [0.3, 0.4) is 0 Å². The zero-order chi connectivity index (χ0) is 15.3. The van der Waals surface area contributed by atoms with Crippen molar-refractivity contribution >= 4 is 23.5 Å². The summed E-state index contributed by atoms with van der Waals surface area (Å²) in [6.07, 6.45) is 2.03. The normalized spacial score (nSPS) is 11.3. The van der Waals surface area contributed by atoms with Crippen molar-refractivity contribution in [3.63, 3.8) is 0 Å². The second-order valence-electron chi connectivity index (χ2n) is 5.74. The minimum absolute atomic E-state index is 0.0107. The zero-order valence-corrected chi connectivity index (χ0v) is 13.7. The molecular weight excluding hydrogens is 272 g/mol. The van der Waals surface area contributed by atoms with Crippen molar-refractivity contribution in [2.45, 2.75) is 26.2 Å². The van der Waals surface area contributed by atoms with Gasteiger partial charge in [-0.15, -0.1) is 0 Å². The average Bonchev–Trinajstić information content (AvgIpc) is 2.42. The molecule has 1 aromatic heterocycles. The van der Waals surface area contributed by atoms with Gasteiger partial charge in [0.1, 0.15) is 5.82 Å². The Hall–Kier alpha value is -1.27. The molecule has 0 atom stereocenters. The van der Waals surface area contributed by atoms with E-state index in [-0.39, 0.29) is 11.3 Å². The van der Waals surface area contributed by atoms with Gasteiger partial charge in [0.2, 0.25) is 0 Å². The second kappa shape index (κ2) is 6.95. The Labute approximate surface area is 125 Å². The summed E-state index contributed by atoms with van der Waals surface area (Å²) in [5.41, 5.74) is 3.85. The van der Waals surface area contributed by atoms with Gasteiger partial charge in [-0.2, -0.15) is 11.8 Å². The van der Waals surface area contributed by atoms with E-state index in [9.17, 15) is 4.79 Å². The minimum atomic E-state index is -0.139. The molecule has 0 aliphatic rings. The first kappa shape index (κ1) is 16.8. The maximum Gasteiger partial charge on any atom is 0.253 e. The number of anilines is 1. The smallest absolute Gasteiger partial charge is 0.253 e. The van der Waals surface area contributed by atoms with Crippen LogP contribution in [0, 0.1) is 0 Å². The quantitative estimate of drug-likeness (QED) is 0.643. The summed E-state index contributed by atoms with van der Waals surface area (Å²) in [6, 6.07) is 3.53. The predicted molar refractivity (Wildman–Crippen MR) is 86.1 cm³/mol. The lowest BCUT2D eigenvalue weighted by molar-refractivity contribution is 0.0803. The summed E-state index contributed by atoms with van der Waals surface area (Å²) in [6.45, 7) is 6.89. The maximum atomic E-state index is 12.4. The maximum absolute atomic E-state index is 12.4. The Balaban J connectivity index is 3.08. The second-order valence-corrected chi connectivity index (χ2v) is 6.73. The van der Waals surface area contributed by atoms with Gasteiger partial charge >= 0.3 is 0 Å². The van der Waals surface area contributed by atoms with Gasteiger partial charge in [-0.05, 0) is 18.4 Å². The molecule has 0 saturated carbocycles. The number of nitrogen functional groups attached to an aromatic ring is 1. The molecule has 1 amide bonds. The van der Waals surface area contributed by atoms with Crippen LogP contribution in [0.2, 0.25) is 0 Å². The van der Waals surface area contributed by atoms with E-state index in [1.807, 2.05) is 19.4 Å². The van der Waals surface area contributed by atoms with E-state index in [4.69, 9.17) is 5.84 Å². The van der Waals surface area contributed by atoms with Crippen LogP contribution < -0.4 is 11.3 Å². The van der Waals surface area contributed by atoms with E-state index in [0.29, 0.717) is 11.4 Å². The first-order valence-corrected chi connectivity index (χ1v) is 7.92. The van der Waals surface area contributed by atoms with Gasteiger partial charge in [0, 0.05) is 36.0 Å². The predicted octanol–water partition coefficient (Wildman–Crippen LogP) is 2.10. The summed E-state index contributed by atoms with van der Waals surface area (Å²) < 4.78 is 0. The Bertz CT molecular complexity index is 471. The average molecular weight is 296 g/mol. The van der Waals surface area contributed by atoms with E-state index in [0.717, 1.165) is 18.0 Å². The van der Waals surface area contributed by atoms with Crippen LogP contribution in [0.25, 0.3) is 0 Å². The number of rotatable bonds is 5. The third-order valence-corrected chi connectivity index (χ3v) is 3.56. The van der Waals surface area contributed by atoms with E-state index in [1.54, 1.807) is 22.7 Å². The highest BCUT2D eigenvalue weighted by molar-refractivity contribution is 7.98. The van der Waals surface area contributed by atoms with Crippen LogP contribution in [-0.4, -0.2) is 41.4 Å². The van der Waals surface area contributed by atoms with Crippen molar-refractivity contribution in [1.82, 2.24) is 9.88 Å². The third-order valence-electron chi connectivity index (χ3n) is 2.97. The fourth-order valence-corrected chi connectivity index (χ4v) is 2.12. The lowest BCUT2D eigenvalue weighted by atomic mass is 9.90. The van der Waals surface area contributed by atoms with Gasteiger partial charge in [0.05, 0.1) is 0 Å². The first-order chi connectivity index (χ1) is 9.29. The molecule has 0 radical (unpaired) electrons. The zero-order valence-electron chi connectivity index (χ0n) is 12.9. The number of hydrazine groups is 1. The van der Waals surface area contributed by atoms with Crippen LogP contribution >= 0.6 is 11.8 Å². The SMILES string of the molecule is CSCCN(C)C(=O)c1cc(NN)nc(C(C)(C)C)c1. The molecule has 5 nitrogen and oxygen atoms in total. The van der Waals surface area contributed by atoms with Crippen molar-refractivity contribution in [3.05, 3.63) is 23.4 Å². The summed E-state index contributed by atoms with van der Waals surface area (Å²) in [5, 5.41) is 0. The molecule has 0 bridgehead atoms. The molecule has 0 spiro atoms. The van der Waals surface area contributed by atoms with E-state index in [2.05, 4.69) is 31.2 Å². The highest BCUT2D eigenvalue weighted by atomic mass is 32.2. The molecule has 20 heavy (non-hydrogen) atoms. The molecule has 0 aliphatic heterocycles. The number of nitrogens with two attached hydrogens (primary N) is 1. The van der Waals surface area contributed by atoms with Gasteiger partial charge in [0.15, 0.2) is 0 Å². The molecule has 0 aromatic carbocycles. The standard InChI is InChI=1S/C14H24N4OS/c1-14(2,3)11-8-10(9-12(16-11)17-15)13(19)18(4)6-7-20-5/h8-9H,6-7,15H2,1-5H3,(H,16,17). The van der Waals surface area contributed by atoms with Gasteiger partial charge in [0.25, 0.3) is 5.91 Å². The number of carbonyl (C=O) groups excluding carboxylic acids is 1. The van der Waals surface area contributed by atoms with Crippen LogP contribution in [-0.2, 0) is 5.41 Å². The summed E-state index contributed by atoms with van der Waals surface area (Å²) >= 11 is 1.72. The van der Waals surface area contributed by atoms with Crippen molar-refractivity contribution in [2.75, 3.05) is 31.0 Å². The number of thioether (sulfide) groups is 1. The number of aromatic nitrogens is 1. The molecule has 0 saturated heterocycles. The Morgan fingerprint density at radius 3 is 2.60 bits per heavy atom. The summed E-state index contributed by atoms with van der Waals surface area (Å²) in [7, 11) is 1.81. The van der Waals surface area contributed by atoms with E-state index < -0.39 is 0 Å². The van der Waals surface area contributed by atoms with Crippen LogP contribution in [0.5, 0.6) is 0 Å². The number of amides is 1. The lowest BCUT2D eigenvalue weighted by Gasteiger charge is -2.21. The van der Waals surface area contributed by atoms with Gasteiger partial charge in [-0.1, -0.05) is 20.8 Å². The van der Waals surface area contributed by atoms with Gasteiger partial charge < -0.3 is 10.3 Å². The monoisotopic (exact) mass is 296 g/mol. The van der Waals surface area contributed by atoms with E-state index in [1.165, 1.54) is 0 Å². The van der Waals surface area contributed by atoms with Crippen LogP contribution in [0.15, 0.2) is 12.1 Å². The fourth-order valence-electron chi connectivity index (χ4n) is 1.66. The molecule has 3 N–H and O–H groups in total. The molecule has 1 aromatic rings. The van der Waals surface area contributed by atoms with Crippen molar-refractivity contribution in [1.29, 1.82) is 0 Å². The number of nitrogens with one attached hydrogen (secondary N) is 1. The van der Waals surface area contributed by atoms with E-state index >= 15 is 0 Å². The molecule has 112 valence electrons. The molecule has 0 unspecified atom stereocenters. The highest BCUT2D eigenvalue weighted by Crippen LogP contribution is 2.23. The summed E-state index contributed by atoms with van der Waals surface area (Å²) in [4.78, 5) is 18.6. The molecule has 0 fully saturated rings. The largest absolute Gasteiger partial charge is 0.341 e. The number of pyridine rings is 1. The molecule has 0 aliphatic carbocycles. The minimum Gasteiger partial charge on any atom is -0.341 e. The van der Waals surface area contributed by atoms with Crippen molar-refractivity contribution < 1.29 is 4.79 Å². The lowest BCUT2D eigenvalue weighted by Crippen LogP contribution is -2.29. The topological polar surface area (TPSA) is 71.2 Å². The van der Waals surface area contributed by atoms with Crippen LogP contribution in [0.4, 0.5) is 5.82 Å². The van der Waals surface area contributed by atoms with Gasteiger partial charge in [-0.3, -0.25) is 4.79 Å². The third kappa shape index (κ3) is 4.38. The fraction of sp³-hybridized carbons (Fsp3) is 0.571. The number of hydrogen-bond donors (Lipinski definition) is 2. The van der Waals surface area contributed by atoms with Crippen molar-refractivity contribution in [3.8, 4) is 0 Å². The first-order valence-electron chi connectivity index (χ1n) is 6.53. The molecule has 1 heterocycles. The number of hydrogen-bond acceptors (Lipinski definition) is 5. The van der Waals surface area contributed by atoms with Crippen molar-refractivity contribution in [2.24, 2.45) is 5.84 Å². The van der Waals surface area contributed by atoms with Crippen LogP contribution in [0.1, 0.15) is 36.8 Å².